The maximum absolute atomic E-state index is 12.9. The first-order chi connectivity index (χ1) is 13.5. The molecule has 4 rings (SSSR count). The molecule has 1 aliphatic heterocycles. The smallest absolute Gasteiger partial charge is 0.254 e. The normalized spacial score (nSPS) is 13.4. The zero-order valence-electron chi connectivity index (χ0n) is 15.6. The highest BCUT2D eigenvalue weighted by Gasteiger charge is 2.24. The van der Waals surface area contributed by atoms with Crippen LogP contribution in [0.25, 0.3) is 11.1 Å². The van der Waals surface area contributed by atoms with Gasteiger partial charge in [0.2, 0.25) is 0 Å². The molecule has 2 N–H and O–H groups in total. The molecule has 3 aromatic rings. The van der Waals surface area contributed by atoms with Crippen LogP contribution in [-0.2, 0) is 6.54 Å². The van der Waals surface area contributed by atoms with Crippen molar-refractivity contribution in [3.8, 4) is 28.4 Å². The van der Waals surface area contributed by atoms with Gasteiger partial charge in [0.1, 0.15) is 12.4 Å². The van der Waals surface area contributed by atoms with E-state index < -0.39 is 0 Å². The number of benzene rings is 3. The fourth-order valence-electron chi connectivity index (χ4n) is 3.55. The summed E-state index contributed by atoms with van der Waals surface area (Å²) in [6, 6.07) is 17.9. The molecule has 0 fully saturated rings. The SMILES string of the molecule is Cc1ccccc1-c1cc(O)c2c(c1)CN(C(=O)c1cccc(O)c1)CCO2. The van der Waals surface area contributed by atoms with Crippen LogP contribution in [0.1, 0.15) is 21.5 Å². The van der Waals surface area contributed by atoms with Gasteiger partial charge >= 0.3 is 0 Å². The number of phenolic OH excluding ortho intramolecular Hbond substituents is 2. The molecule has 0 radical (unpaired) electrons. The summed E-state index contributed by atoms with van der Waals surface area (Å²) in [7, 11) is 0. The summed E-state index contributed by atoms with van der Waals surface area (Å²) >= 11 is 0. The third-order valence-electron chi connectivity index (χ3n) is 4.95. The quantitative estimate of drug-likeness (QED) is 0.707. The summed E-state index contributed by atoms with van der Waals surface area (Å²) in [6.07, 6.45) is 0. The van der Waals surface area contributed by atoms with E-state index in [1.807, 2.05) is 37.3 Å². The number of nitrogens with zero attached hydrogens (tertiary/aromatic N) is 1. The van der Waals surface area contributed by atoms with E-state index in [2.05, 4.69) is 0 Å². The van der Waals surface area contributed by atoms with Crippen molar-refractivity contribution in [3.63, 3.8) is 0 Å². The number of phenols is 2. The zero-order valence-corrected chi connectivity index (χ0v) is 15.6. The highest BCUT2D eigenvalue weighted by molar-refractivity contribution is 5.94. The average Bonchev–Trinajstić information content (AvgIpc) is 2.90. The minimum Gasteiger partial charge on any atom is -0.508 e. The van der Waals surface area contributed by atoms with Gasteiger partial charge in [0.05, 0.1) is 6.54 Å². The molecule has 1 amide bonds. The summed E-state index contributed by atoms with van der Waals surface area (Å²) in [6.45, 7) is 3.01. The molecule has 1 heterocycles. The second-order valence-corrected chi connectivity index (χ2v) is 6.92. The maximum Gasteiger partial charge on any atom is 0.254 e. The van der Waals surface area contributed by atoms with Gasteiger partial charge in [-0.3, -0.25) is 4.79 Å². The first kappa shape index (κ1) is 17.9. The Morgan fingerprint density at radius 3 is 2.64 bits per heavy atom. The lowest BCUT2D eigenvalue weighted by atomic mass is 9.97. The number of aromatic hydroxyl groups is 2. The number of fused-ring (bicyclic) bond motifs is 1. The number of hydrogen-bond donors (Lipinski definition) is 2. The van der Waals surface area contributed by atoms with Gasteiger partial charge in [-0.2, -0.15) is 0 Å². The van der Waals surface area contributed by atoms with Crippen molar-refractivity contribution in [1.82, 2.24) is 4.90 Å². The molecule has 0 aliphatic carbocycles. The van der Waals surface area contributed by atoms with Crippen LogP contribution >= 0.6 is 0 Å². The average molecular weight is 375 g/mol. The molecule has 5 heteroatoms. The van der Waals surface area contributed by atoms with Crippen LogP contribution in [-0.4, -0.2) is 34.2 Å². The molecule has 28 heavy (non-hydrogen) atoms. The molecule has 0 unspecified atom stereocenters. The number of aryl methyl sites for hydroxylation is 1. The fraction of sp³-hybridized carbons (Fsp3) is 0.174. The van der Waals surface area contributed by atoms with Crippen LogP contribution in [0.2, 0.25) is 0 Å². The third-order valence-corrected chi connectivity index (χ3v) is 4.95. The van der Waals surface area contributed by atoms with Crippen molar-refractivity contribution in [2.24, 2.45) is 0 Å². The fourth-order valence-corrected chi connectivity index (χ4v) is 3.55. The largest absolute Gasteiger partial charge is 0.508 e. The second-order valence-electron chi connectivity index (χ2n) is 6.92. The number of hydrogen-bond acceptors (Lipinski definition) is 4. The van der Waals surface area contributed by atoms with Crippen molar-refractivity contribution < 1.29 is 19.7 Å². The van der Waals surface area contributed by atoms with Gasteiger partial charge in [-0.05, 0) is 53.9 Å². The Balaban J connectivity index is 1.71. The van der Waals surface area contributed by atoms with Crippen LogP contribution in [0.5, 0.6) is 17.2 Å². The molecule has 142 valence electrons. The number of amides is 1. The molecule has 0 saturated heterocycles. The van der Waals surface area contributed by atoms with Gasteiger partial charge in [-0.1, -0.05) is 30.3 Å². The molecule has 0 saturated carbocycles. The van der Waals surface area contributed by atoms with Gasteiger partial charge in [-0.15, -0.1) is 0 Å². The number of carbonyl (C=O) groups excluding carboxylic acids is 1. The van der Waals surface area contributed by atoms with Gasteiger partial charge < -0.3 is 19.8 Å². The third kappa shape index (κ3) is 3.39. The lowest BCUT2D eigenvalue weighted by Gasteiger charge is -2.20. The van der Waals surface area contributed by atoms with Crippen molar-refractivity contribution in [3.05, 3.63) is 77.4 Å². The monoisotopic (exact) mass is 375 g/mol. The van der Waals surface area contributed by atoms with Gasteiger partial charge in [-0.25, -0.2) is 0 Å². The predicted molar refractivity (Wildman–Crippen MR) is 107 cm³/mol. The van der Waals surface area contributed by atoms with E-state index in [-0.39, 0.29) is 24.0 Å². The van der Waals surface area contributed by atoms with Crippen LogP contribution < -0.4 is 4.74 Å². The van der Waals surface area contributed by atoms with E-state index >= 15 is 0 Å². The Kier molecular flexibility index (Phi) is 4.65. The molecule has 0 spiro atoms. The van der Waals surface area contributed by atoms with E-state index in [1.165, 1.54) is 12.1 Å². The molecular weight excluding hydrogens is 354 g/mol. The van der Waals surface area contributed by atoms with Gasteiger partial charge in [0.25, 0.3) is 5.91 Å². The lowest BCUT2D eigenvalue weighted by Crippen LogP contribution is -2.32. The Morgan fingerprint density at radius 2 is 1.86 bits per heavy atom. The van der Waals surface area contributed by atoms with E-state index in [4.69, 9.17) is 4.74 Å². The predicted octanol–water partition coefficient (Wildman–Crippen LogP) is 4.11. The van der Waals surface area contributed by atoms with Gasteiger partial charge in [0.15, 0.2) is 11.5 Å². The summed E-state index contributed by atoms with van der Waals surface area (Å²) in [4.78, 5) is 14.6. The Morgan fingerprint density at radius 1 is 1.04 bits per heavy atom. The molecule has 0 atom stereocenters. The first-order valence-corrected chi connectivity index (χ1v) is 9.16. The van der Waals surface area contributed by atoms with Crippen molar-refractivity contribution in [1.29, 1.82) is 0 Å². The topological polar surface area (TPSA) is 70.0 Å². The molecule has 1 aliphatic rings. The second kappa shape index (κ2) is 7.27. The highest BCUT2D eigenvalue weighted by atomic mass is 16.5. The summed E-state index contributed by atoms with van der Waals surface area (Å²) in [5, 5.41) is 20.2. The summed E-state index contributed by atoms with van der Waals surface area (Å²) in [5.41, 5.74) is 4.18. The lowest BCUT2D eigenvalue weighted by molar-refractivity contribution is 0.0732. The van der Waals surface area contributed by atoms with E-state index in [1.54, 1.807) is 23.1 Å². The minimum atomic E-state index is -0.187. The van der Waals surface area contributed by atoms with Crippen molar-refractivity contribution >= 4 is 5.91 Å². The van der Waals surface area contributed by atoms with Gasteiger partial charge in [0, 0.05) is 17.7 Å². The molecule has 0 bridgehead atoms. The van der Waals surface area contributed by atoms with Crippen LogP contribution in [0.15, 0.2) is 60.7 Å². The van der Waals surface area contributed by atoms with E-state index in [0.717, 1.165) is 22.3 Å². The highest BCUT2D eigenvalue weighted by Crippen LogP contribution is 2.38. The van der Waals surface area contributed by atoms with Crippen molar-refractivity contribution in [2.75, 3.05) is 13.2 Å². The Labute approximate surface area is 163 Å². The molecule has 5 nitrogen and oxygen atoms in total. The summed E-state index contributed by atoms with van der Waals surface area (Å²) < 4.78 is 5.75. The van der Waals surface area contributed by atoms with Crippen LogP contribution in [0.3, 0.4) is 0 Å². The Bertz CT molecular complexity index is 1040. The molecule has 0 aromatic heterocycles. The minimum absolute atomic E-state index is 0.0526. The van der Waals surface area contributed by atoms with Crippen LogP contribution in [0, 0.1) is 6.92 Å². The maximum atomic E-state index is 12.9. The Hall–Kier alpha value is -3.47. The van der Waals surface area contributed by atoms with E-state index in [0.29, 0.717) is 24.4 Å². The van der Waals surface area contributed by atoms with Crippen LogP contribution in [0.4, 0.5) is 0 Å². The number of ether oxygens (including phenoxy) is 1. The molecule has 3 aromatic carbocycles. The molecular formula is C23H21NO4. The van der Waals surface area contributed by atoms with E-state index in [9.17, 15) is 15.0 Å². The summed E-state index contributed by atoms with van der Waals surface area (Å²) in [5.74, 6) is 0.357. The first-order valence-electron chi connectivity index (χ1n) is 9.16. The number of rotatable bonds is 2. The van der Waals surface area contributed by atoms with Crippen molar-refractivity contribution in [2.45, 2.75) is 13.5 Å². The zero-order chi connectivity index (χ0) is 19.7. The number of carbonyl (C=O) groups is 1. The standard InChI is InChI=1S/C23H21NO4/c1-15-5-2-3-8-20(15)17-11-18-14-24(9-10-28-22(18)21(26)13-17)23(27)16-6-4-7-19(25)12-16/h2-8,11-13,25-26H,9-10,14H2,1H3.